The molecule has 1 aromatic rings. The fraction of sp³-hybridized carbons (Fsp3) is 0.538. The lowest BCUT2D eigenvalue weighted by atomic mass is 9.88. The Bertz CT molecular complexity index is 349. The van der Waals surface area contributed by atoms with E-state index in [0.29, 0.717) is 0 Å². The second-order valence-electron chi connectivity index (χ2n) is 4.72. The van der Waals surface area contributed by atoms with Gasteiger partial charge < -0.3 is 10.1 Å². The van der Waals surface area contributed by atoms with Crippen LogP contribution in [0.15, 0.2) is 24.3 Å². The van der Waals surface area contributed by atoms with Gasteiger partial charge in [0.2, 0.25) is 0 Å². The predicted molar refractivity (Wildman–Crippen MR) is 63.6 cm³/mol. The number of hydrogen-bond acceptors (Lipinski definition) is 3. The summed E-state index contributed by atoms with van der Waals surface area (Å²) >= 11 is 0. The minimum absolute atomic E-state index is 0.765. The molecule has 3 nitrogen and oxygen atoms in total. The summed E-state index contributed by atoms with van der Waals surface area (Å²) in [5.41, 5.74) is 1.39. The molecule has 3 rings (SSSR count). The molecule has 0 radical (unpaired) electrons. The Kier molecular flexibility index (Phi) is 2.58. The first-order valence-electron chi connectivity index (χ1n) is 5.96. The zero-order valence-corrected chi connectivity index (χ0v) is 9.65. The molecule has 0 saturated carbocycles. The molecule has 0 spiro atoms. The van der Waals surface area contributed by atoms with Crippen LogP contribution in [0.25, 0.3) is 0 Å². The molecule has 0 aromatic heterocycles. The van der Waals surface area contributed by atoms with Gasteiger partial charge in [0.05, 0.1) is 7.11 Å². The molecule has 2 atom stereocenters. The van der Waals surface area contributed by atoms with Crippen LogP contribution in [0.1, 0.15) is 12.0 Å². The lowest BCUT2D eigenvalue weighted by molar-refractivity contribution is -0.0206. The third kappa shape index (κ3) is 1.70. The third-order valence-electron chi connectivity index (χ3n) is 3.77. The predicted octanol–water partition coefficient (Wildman–Crippen LogP) is 1.24. The Hall–Kier alpha value is -1.06. The van der Waals surface area contributed by atoms with E-state index < -0.39 is 0 Å². The van der Waals surface area contributed by atoms with Crippen molar-refractivity contribution in [2.45, 2.75) is 25.0 Å². The van der Waals surface area contributed by atoms with E-state index in [9.17, 15) is 0 Å². The van der Waals surface area contributed by atoms with Crippen molar-refractivity contribution >= 4 is 0 Å². The number of piperazine rings is 1. The summed E-state index contributed by atoms with van der Waals surface area (Å²) in [5.74, 6) is 0.939. The van der Waals surface area contributed by atoms with Crippen molar-refractivity contribution in [1.82, 2.24) is 10.2 Å². The smallest absolute Gasteiger partial charge is 0.118 e. The second-order valence-corrected chi connectivity index (χ2v) is 4.72. The fourth-order valence-corrected chi connectivity index (χ4v) is 2.76. The monoisotopic (exact) mass is 218 g/mol. The van der Waals surface area contributed by atoms with Gasteiger partial charge in [-0.15, -0.1) is 0 Å². The van der Waals surface area contributed by atoms with E-state index in [2.05, 4.69) is 22.3 Å². The molecule has 0 amide bonds. The first-order valence-corrected chi connectivity index (χ1v) is 5.96. The molecule has 1 aromatic carbocycles. The summed E-state index contributed by atoms with van der Waals surface area (Å²) in [6.45, 7) is 3.40. The maximum atomic E-state index is 5.17. The molecular formula is C13H18N2O. The van der Waals surface area contributed by atoms with E-state index in [0.717, 1.165) is 37.5 Å². The van der Waals surface area contributed by atoms with Crippen molar-refractivity contribution in [2.75, 3.05) is 20.2 Å². The zero-order valence-electron chi connectivity index (χ0n) is 9.65. The highest BCUT2D eigenvalue weighted by atomic mass is 16.5. The SMILES string of the molecule is COc1ccc(CN2C3CNCC2C3)cc1. The molecule has 1 N–H and O–H groups in total. The molecular weight excluding hydrogens is 200 g/mol. The molecule has 2 aliphatic rings. The van der Waals surface area contributed by atoms with Gasteiger partial charge in [0, 0.05) is 31.7 Å². The number of piperidine rings is 1. The highest BCUT2D eigenvalue weighted by molar-refractivity contribution is 5.27. The first kappa shape index (κ1) is 10.1. The molecule has 16 heavy (non-hydrogen) atoms. The Balaban J connectivity index is 1.65. The van der Waals surface area contributed by atoms with E-state index >= 15 is 0 Å². The number of benzene rings is 1. The standard InChI is InChI=1S/C13H18N2O/c1-16-13-4-2-10(3-5-13)9-15-11-6-12(15)8-14-7-11/h2-5,11-12,14H,6-9H2,1H3. The van der Waals surface area contributed by atoms with Gasteiger partial charge in [0.25, 0.3) is 0 Å². The highest BCUT2D eigenvalue weighted by Gasteiger charge is 2.40. The van der Waals surface area contributed by atoms with Crippen molar-refractivity contribution in [2.24, 2.45) is 0 Å². The number of hydrogen-bond donors (Lipinski definition) is 1. The Morgan fingerprint density at radius 1 is 1.25 bits per heavy atom. The van der Waals surface area contributed by atoms with Crippen molar-refractivity contribution in [3.63, 3.8) is 0 Å². The molecule has 0 aliphatic carbocycles. The van der Waals surface area contributed by atoms with Gasteiger partial charge in [-0.1, -0.05) is 12.1 Å². The van der Waals surface area contributed by atoms with Crippen LogP contribution in [0.2, 0.25) is 0 Å². The van der Waals surface area contributed by atoms with E-state index in [4.69, 9.17) is 4.74 Å². The number of nitrogens with one attached hydrogen (secondary N) is 1. The number of rotatable bonds is 3. The van der Waals surface area contributed by atoms with Crippen LogP contribution >= 0.6 is 0 Å². The minimum atomic E-state index is 0.765. The van der Waals surface area contributed by atoms with Crippen molar-refractivity contribution in [3.05, 3.63) is 29.8 Å². The highest BCUT2D eigenvalue weighted by Crippen LogP contribution is 2.30. The summed E-state index contributed by atoms with van der Waals surface area (Å²) in [4.78, 5) is 2.61. The zero-order chi connectivity index (χ0) is 11.0. The number of fused-ring (bicyclic) bond motifs is 2. The maximum absolute atomic E-state index is 5.17. The Morgan fingerprint density at radius 2 is 1.94 bits per heavy atom. The van der Waals surface area contributed by atoms with Gasteiger partial charge in [0.1, 0.15) is 5.75 Å². The largest absolute Gasteiger partial charge is 0.497 e. The quantitative estimate of drug-likeness (QED) is 0.826. The molecule has 2 fully saturated rings. The average molecular weight is 218 g/mol. The van der Waals surface area contributed by atoms with Crippen molar-refractivity contribution < 1.29 is 4.74 Å². The second kappa shape index (κ2) is 4.07. The molecule has 86 valence electrons. The Morgan fingerprint density at radius 3 is 2.50 bits per heavy atom. The van der Waals surface area contributed by atoms with Gasteiger partial charge in [0.15, 0.2) is 0 Å². The first-order chi connectivity index (χ1) is 7.86. The van der Waals surface area contributed by atoms with E-state index in [1.54, 1.807) is 7.11 Å². The molecule has 3 heteroatoms. The van der Waals surface area contributed by atoms with Gasteiger partial charge in [-0.25, -0.2) is 0 Å². The average Bonchev–Trinajstić information content (AvgIpc) is 2.37. The van der Waals surface area contributed by atoms with E-state index in [1.807, 2.05) is 12.1 Å². The van der Waals surface area contributed by atoms with Gasteiger partial charge in [-0.3, -0.25) is 4.90 Å². The number of nitrogens with zero attached hydrogens (tertiary/aromatic N) is 1. The third-order valence-corrected chi connectivity index (χ3v) is 3.77. The summed E-state index contributed by atoms with van der Waals surface area (Å²) in [6.07, 6.45) is 1.38. The lowest BCUT2D eigenvalue weighted by Gasteiger charge is -2.53. The van der Waals surface area contributed by atoms with Crippen LogP contribution in [0.5, 0.6) is 5.75 Å². The molecule has 2 unspecified atom stereocenters. The van der Waals surface area contributed by atoms with Crippen LogP contribution in [0.3, 0.4) is 0 Å². The van der Waals surface area contributed by atoms with Gasteiger partial charge in [-0.05, 0) is 24.1 Å². The van der Waals surface area contributed by atoms with Crippen LogP contribution < -0.4 is 10.1 Å². The number of methoxy groups -OCH3 is 1. The summed E-state index contributed by atoms with van der Waals surface area (Å²) in [5, 5.41) is 3.46. The van der Waals surface area contributed by atoms with Gasteiger partial charge in [-0.2, -0.15) is 0 Å². The molecule has 2 aliphatic heterocycles. The molecule has 2 bridgehead atoms. The molecule has 2 heterocycles. The van der Waals surface area contributed by atoms with E-state index in [-0.39, 0.29) is 0 Å². The topological polar surface area (TPSA) is 24.5 Å². The van der Waals surface area contributed by atoms with E-state index in [1.165, 1.54) is 12.0 Å². The summed E-state index contributed by atoms with van der Waals surface area (Å²) < 4.78 is 5.17. The summed E-state index contributed by atoms with van der Waals surface area (Å²) in [7, 11) is 1.71. The Labute approximate surface area is 96.4 Å². The lowest BCUT2D eigenvalue weighted by Crippen LogP contribution is -2.67. The van der Waals surface area contributed by atoms with Crippen molar-refractivity contribution in [1.29, 1.82) is 0 Å². The number of ether oxygens (including phenoxy) is 1. The fourth-order valence-electron chi connectivity index (χ4n) is 2.76. The van der Waals surface area contributed by atoms with Crippen molar-refractivity contribution in [3.8, 4) is 5.75 Å². The van der Waals surface area contributed by atoms with Crippen LogP contribution in [0, 0.1) is 0 Å². The molecule has 2 saturated heterocycles. The van der Waals surface area contributed by atoms with Gasteiger partial charge >= 0.3 is 0 Å². The normalized spacial score (nSPS) is 28.6. The minimum Gasteiger partial charge on any atom is -0.497 e. The summed E-state index contributed by atoms with van der Waals surface area (Å²) in [6, 6.07) is 9.95. The van der Waals surface area contributed by atoms with Crippen LogP contribution in [0.4, 0.5) is 0 Å². The van der Waals surface area contributed by atoms with Crippen LogP contribution in [-0.2, 0) is 6.54 Å². The maximum Gasteiger partial charge on any atom is 0.118 e. The van der Waals surface area contributed by atoms with Crippen LogP contribution in [-0.4, -0.2) is 37.2 Å².